The molecule has 1 aliphatic rings. The number of hydrogen-bond acceptors (Lipinski definition) is 5. The quantitative estimate of drug-likeness (QED) is 0.725. The fourth-order valence-corrected chi connectivity index (χ4v) is 22.8. The van der Waals surface area contributed by atoms with Crippen LogP contribution >= 0.6 is 0 Å². The molecule has 114 valence electrons. The van der Waals surface area contributed by atoms with Crippen LogP contribution in [0.15, 0.2) is 0 Å². The van der Waals surface area contributed by atoms with Gasteiger partial charge in [0.1, 0.15) is 0 Å². The first-order chi connectivity index (χ1) is 8.22. The lowest BCUT2D eigenvalue weighted by molar-refractivity contribution is 0.136. The Hall–Kier alpha value is 0.884. The van der Waals surface area contributed by atoms with Crippen molar-refractivity contribution in [2.75, 3.05) is 0 Å². The van der Waals surface area contributed by atoms with Crippen molar-refractivity contribution >= 4 is 43.5 Å². The van der Waals surface area contributed by atoms with Crippen LogP contribution in [-0.2, 0) is 20.6 Å². The molecule has 1 fully saturated rings. The molecule has 0 amide bonds. The Kier molecular flexibility index (Phi) is 5.27. The fourth-order valence-electron chi connectivity index (χ4n) is 2.21. The van der Waals surface area contributed by atoms with Gasteiger partial charge in [0.05, 0.1) is 0 Å². The first-order valence-corrected chi connectivity index (χ1v) is 20.0. The lowest BCUT2D eigenvalue weighted by atomic mass is 11.8. The Morgan fingerprint density at radius 3 is 1.37 bits per heavy atom. The normalized spacial score (nSPS) is 37.4. The average Bonchev–Trinajstić information content (AvgIpc) is 1.87. The lowest BCUT2D eigenvalue weighted by Gasteiger charge is -2.46. The minimum absolute atomic E-state index is 1.71. The summed E-state index contributed by atoms with van der Waals surface area (Å²) in [7, 11) is -10.4. The molecule has 19 heavy (non-hydrogen) atoms. The van der Waals surface area contributed by atoms with E-state index in [9.17, 15) is 0 Å². The topological polar surface area (TPSA) is 46.2 Å². The maximum Gasteiger partial charge on any atom is 0.470 e. The average molecular weight is 357 g/mol. The van der Waals surface area contributed by atoms with Gasteiger partial charge in [-0.25, -0.2) is 0 Å². The van der Waals surface area contributed by atoms with Gasteiger partial charge in [-0.05, 0) is 45.8 Å². The second-order valence-electron chi connectivity index (χ2n) is 7.06. The van der Waals surface area contributed by atoms with Crippen molar-refractivity contribution in [3.8, 4) is 0 Å². The molecule has 1 heterocycles. The first-order valence-electron chi connectivity index (χ1n) is 6.68. The fraction of sp³-hybridized carbons (Fsp3) is 1.00. The Balaban J connectivity index is 2.88. The Labute approximate surface area is 123 Å². The predicted molar refractivity (Wildman–Crippen MR) is 88.4 cm³/mol. The molecule has 0 aromatic rings. The zero-order chi connectivity index (χ0) is 15.1. The highest BCUT2D eigenvalue weighted by Gasteiger charge is 2.56. The van der Waals surface area contributed by atoms with Gasteiger partial charge in [0.2, 0.25) is 0 Å². The molecule has 0 aromatic carbocycles. The predicted octanol–water partition coefficient (Wildman–Crippen LogP) is 2.74. The van der Waals surface area contributed by atoms with Gasteiger partial charge in [-0.3, -0.25) is 0 Å². The van der Waals surface area contributed by atoms with Crippen LogP contribution in [0.5, 0.6) is 0 Å². The molecule has 2 unspecified atom stereocenters. The maximum absolute atomic E-state index is 6.20. The summed E-state index contributed by atoms with van der Waals surface area (Å²) < 4.78 is 30.5. The second-order valence-corrected chi connectivity index (χ2v) is 24.4. The van der Waals surface area contributed by atoms with Crippen LogP contribution in [0.25, 0.3) is 0 Å². The van der Waals surface area contributed by atoms with Gasteiger partial charge in [-0.15, -0.1) is 0 Å². The molecule has 0 saturated carbocycles. The van der Waals surface area contributed by atoms with E-state index < -0.39 is 43.5 Å². The molecule has 5 nitrogen and oxygen atoms in total. The summed E-state index contributed by atoms with van der Waals surface area (Å²) in [5, 5.41) is 0. The van der Waals surface area contributed by atoms with Crippen LogP contribution < -0.4 is 0 Å². The maximum atomic E-state index is 6.20. The van der Waals surface area contributed by atoms with Gasteiger partial charge in [0.15, 0.2) is 16.6 Å². The summed E-state index contributed by atoms with van der Waals surface area (Å²) in [6, 6.07) is 0. The minimum atomic E-state index is -2.61. The van der Waals surface area contributed by atoms with Gasteiger partial charge in [0, 0.05) is 13.1 Å². The molecule has 1 aliphatic heterocycles. The Morgan fingerprint density at radius 2 is 1.11 bits per heavy atom. The highest BCUT2D eigenvalue weighted by molar-refractivity contribution is 6.91. The van der Waals surface area contributed by atoms with Gasteiger partial charge < -0.3 is 20.6 Å². The molecule has 0 N–H and O–H groups in total. The van der Waals surface area contributed by atoms with E-state index in [4.69, 9.17) is 20.6 Å². The summed E-state index contributed by atoms with van der Waals surface area (Å²) in [6.07, 6.45) is 0. The summed E-state index contributed by atoms with van der Waals surface area (Å²) in [4.78, 5) is 0. The summed E-state index contributed by atoms with van der Waals surface area (Å²) in [5.74, 6) is 0. The second kappa shape index (κ2) is 5.59. The first kappa shape index (κ1) is 17.9. The van der Waals surface area contributed by atoms with E-state index in [1.807, 2.05) is 19.6 Å². The molecule has 0 aromatic heterocycles. The minimum Gasteiger partial charge on any atom is -0.417 e. The molecule has 10 heteroatoms. The molecule has 2 atom stereocenters. The van der Waals surface area contributed by atoms with E-state index in [1.54, 1.807) is 0 Å². The highest BCUT2D eigenvalue weighted by atomic mass is 28.6. The molecule has 0 aliphatic carbocycles. The van der Waals surface area contributed by atoms with Crippen molar-refractivity contribution in [1.29, 1.82) is 0 Å². The third kappa shape index (κ3) is 6.45. The third-order valence-corrected chi connectivity index (χ3v) is 19.0. The van der Waals surface area contributed by atoms with Crippen LogP contribution in [0.3, 0.4) is 0 Å². The molecule has 0 bridgehead atoms. The smallest absolute Gasteiger partial charge is 0.417 e. The molecule has 1 saturated heterocycles. The van der Waals surface area contributed by atoms with Crippen LogP contribution in [0.4, 0.5) is 0 Å². The summed E-state index contributed by atoms with van der Waals surface area (Å²) in [6.45, 7) is 18.9. The van der Waals surface area contributed by atoms with E-state index in [2.05, 4.69) is 39.3 Å². The molecule has 0 radical (unpaired) electrons. The largest absolute Gasteiger partial charge is 0.470 e. The Bertz CT molecular complexity index is 300. The zero-order valence-electron chi connectivity index (χ0n) is 13.6. The molecule has 0 spiro atoms. The molecule has 1 rings (SSSR count). The van der Waals surface area contributed by atoms with Gasteiger partial charge in [-0.2, -0.15) is 0 Å². The SMILES string of the molecule is C[SiH]1O[Si](C)(O[Si](C)(C)C)O[Si](C)(O[Si](C)(C)C)O1. The van der Waals surface area contributed by atoms with E-state index in [0.29, 0.717) is 0 Å². The van der Waals surface area contributed by atoms with Gasteiger partial charge in [-0.1, -0.05) is 0 Å². The third-order valence-electron chi connectivity index (χ3n) is 2.11. The number of rotatable bonds is 4. The Morgan fingerprint density at radius 1 is 0.789 bits per heavy atom. The van der Waals surface area contributed by atoms with E-state index in [-0.39, 0.29) is 0 Å². The van der Waals surface area contributed by atoms with Crippen molar-refractivity contribution < 1.29 is 20.6 Å². The zero-order valence-corrected chi connectivity index (χ0v) is 18.8. The van der Waals surface area contributed by atoms with E-state index in [0.717, 1.165) is 0 Å². The number of hydrogen-bond donors (Lipinski definition) is 0. The standard InChI is InChI=1S/C9H28O5Si5/c1-15-10-18(8,12-16(2,3)4)14-19(9,11-15)13-17(5,6)7/h15H,1-9H3. The van der Waals surface area contributed by atoms with Crippen LogP contribution in [0, 0.1) is 0 Å². The van der Waals surface area contributed by atoms with Gasteiger partial charge >= 0.3 is 26.9 Å². The van der Waals surface area contributed by atoms with Crippen molar-refractivity contribution in [3.05, 3.63) is 0 Å². The summed E-state index contributed by atoms with van der Waals surface area (Å²) in [5.41, 5.74) is 0. The van der Waals surface area contributed by atoms with Crippen molar-refractivity contribution in [3.63, 3.8) is 0 Å². The lowest BCUT2D eigenvalue weighted by Crippen LogP contribution is -2.67. The molecular formula is C9H28O5Si5. The van der Waals surface area contributed by atoms with Crippen LogP contribution in [-0.4, -0.2) is 43.5 Å². The molecular weight excluding hydrogens is 329 g/mol. The van der Waals surface area contributed by atoms with Crippen LogP contribution in [0.1, 0.15) is 0 Å². The highest BCUT2D eigenvalue weighted by Crippen LogP contribution is 2.30. The van der Waals surface area contributed by atoms with Gasteiger partial charge in [0.25, 0.3) is 0 Å². The van der Waals surface area contributed by atoms with E-state index in [1.165, 1.54) is 0 Å². The van der Waals surface area contributed by atoms with Crippen LogP contribution in [0.2, 0.25) is 58.9 Å². The monoisotopic (exact) mass is 356 g/mol. The van der Waals surface area contributed by atoms with E-state index >= 15 is 0 Å². The van der Waals surface area contributed by atoms with Crippen molar-refractivity contribution in [2.24, 2.45) is 0 Å². The van der Waals surface area contributed by atoms with Crippen molar-refractivity contribution in [2.45, 2.75) is 58.9 Å². The summed E-state index contributed by atoms with van der Waals surface area (Å²) >= 11 is 0. The van der Waals surface area contributed by atoms with Crippen molar-refractivity contribution in [1.82, 2.24) is 0 Å².